The van der Waals surface area contributed by atoms with Crippen molar-refractivity contribution in [2.24, 2.45) is 5.73 Å². The number of benzene rings is 1. The first kappa shape index (κ1) is 13.2. The van der Waals surface area contributed by atoms with E-state index in [2.05, 4.69) is 15.5 Å². The Morgan fingerprint density at radius 3 is 2.79 bits per heavy atom. The number of para-hydroxylation sites is 1. The number of carbonyl (C=O) groups excluding carboxylic acids is 1. The molecule has 3 aromatic rings. The molecule has 0 radical (unpaired) electrons. The molecule has 0 fully saturated rings. The first-order valence-corrected chi connectivity index (χ1v) is 6.15. The maximum absolute atomic E-state index is 11.3. The van der Waals surface area contributed by atoms with E-state index in [4.69, 9.17) is 17.3 Å². The summed E-state index contributed by atoms with van der Waals surface area (Å²) in [6, 6.07) is 6.96. The monoisotopic (exact) mass is 277 g/mol. The van der Waals surface area contributed by atoms with Crippen molar-refractivity contribution >= 4 is 34.1 Å². The second-order valence-electron chi connectivity index (χ2n) is 3.51. The van der Waals surface area contributed by atoms with Crippen molar-refractivity contribution in [1.82, 2.24) is 20.0 Å². The lowest BCUT2D eigenvalue weighted by Crippen LogP contribution is -2.13. The molecular weight excluding hydrogens is 266 g/mol. The molecule has 0 aliphatic carbocycles. The summed E-state index contributed by atoms with van der Waals surface area (Å²) in [7, 11) is 0. The van der Waals surface area contributed by atoms with E-state index in [1.807, 2.05) is 19.9 Å². The van der Waals surface area contributed by atoms with Gasteiger partial charge >= 0.3 is 0 Å². The van der Waals surface area contributed by atoms with Gasteiger partial charge in [0.05, 0.1) is 16.1 Å². The number of pyridine rings is 1. The number of amides is 1. The van der Waals surface area contributed by atoms with Crippen LogP contribution in [0.2, 0.25) is 5.02 Å². The topological polar surface area (TPSA) is 86.2 Å². The lowest BCUT2D eigenvalue weighted by Gasteiger charge is -2.04. The van der Waals surface area contributed by atoms with Crippen molar-refractivity contribution in [2.75, 3.05) is 0 Å². The van der Waals surface area contributed by atoms with Crippen LogP contribution in [0.3, 0.4) is 0 Å². The molecule has 0 bridgehead atoms. The number of fused-ring (bicyclic) bond motifs is 3. The fraction of sp³-hybridized carbons (Fsp3) is 0.167. The van der Waals surface area contributed by atoms with Gasteiger partial charge in [0.1, 0.15) is 0 Å². The number of primary amides is 1. The molecule has 2 aromatic heterocycles. The third-order valence-corrected chi connectivity index (χ3v) is 2.81. The highest BCUT2D eigenvalue weighted by molar-refractivity contribution is 6.35. The van der Waals surface area contributed by atoms with Crippen LogP contribution in [0, 0.1) is 0 Å². The second kappa shape index (κ2) is 5.19. The third kappa shape index (κ3) is 2.10. The van der Waals surface area contributed by atoms with Gasteiger partial charge in [-0.3, -0.25) is 4.79 Å². The number of rotatable bonds is 1. The standard InChI is InChI=1S/C10H6ClN5O.C2H6/c11-7-3-1-2-5-4-6(9(12)17)10-13-14-15-16(10)8(5)7;1-2/h1-4H,(H2,12,17);1-2H3. The zero-order valence-electron chi connectivity index (χ0n) is 10.5. The van der Waals surface area contributed by atoms with E-state index < -0.39 is 5.91 Å². The third-order valence-electron chi connectivity index (χ3n) is 2.51. The molecule has 0 saturated heterocycles. The molecule has 0 unspecified atom stereocenters. The van der Waals surface area contributed by atoms with Gasteiger partial charge in [0, 0.05) is 5.39 Å². The average Bonchev–Trinajstić information content (AvgIpc) is 2.89. The molecule has 0 aliphatic rings. The summed E-state index contributed by atoms with van der Waals surface area (Å²) in [5.41, 5.74) is 6.51. The summed E-state index contributed by atoms with van der Waals surface area (Å²) in [6.45, 7) is 4.00. The van der Waals surface area contributed by atoms with Crippen molar-refractivity contribution in [3.05, 3.63) is 34.9 Å². The van der Waals surface area contributed by atoms with Crippen LogP contribution in [-0.2, 0) is 0 Å². The van der Waals surface area contributed by atoms with Gasteiger partial charge in [-0.2, -0.15) is 4.52 Å². The molecule has 2 N–H and O–H groups in total. The average molecular weight is 278 g/mol. The van der Waals surface area contributed by atoms with Crippen LogP contribution < -0.4 is 5.73 Å². The molecule has 98 valence electrons. The van der Waals surface area contributed by atoms with Gasteiger partial charge in [-0.25, -0.2) is 0 Å². The smallest absolute Gasteiger partial charge is 0.252 e. The zero-order chi connectivity index (χ0) is 14.0. The lowest BCUT2D eigenvalue weighted by atomic mass is 10.1. The number of tetrazole rings is 1. The predicted molar refractivity (Wildman–Crippen MR) is 73.2 cm³/mol. The second-order valence-corrected chi connectivity index (χ2v) is 3.92. The van der Waals surface area contributed by atoms with Crippen LogP contribution in [0.25, 0.3) is 16.6 Å². The quantitative estimate of drug-likeness (QED) is 0.737. The summed E-state index contributed by atoms with van der Waals surface area (Å²) in [6.07, 6.45) is 0. The maximum Gasteiger partial charge on any atom is 0.252 e. The van der Waals surface area contributed by atoms with Gasteiger partial charge < -0.3 is 5.73 Å². The normalized spacial score (nSPS) is 10.3. The molecule has 2 heterocycles. The van der Waals surface area contributed by atoms with Crippen LogP contribution in [-0.4, -0.2) is 25.9 Å². The van der Waals surface area contributed by atoms with E-state index in [0.717, 1.165) is 5.39 Å². The largest absolute Gasteiger partial charge is 0.365 e. The highest BCUT2D eigenvalue weighted by Gasteiger charge is 2.14. The van der Waals surface area contributed by atoms with E-state index in [1.165, 1.54) is 4.52 Å². The summed E-state index contributed by atoms with van der Waals surface area (Å²) >= 11 is 6.09. The number of hydrogen-bond donors (Lipinski definition) is 1. The molecule has 0 spiro atoms. The lowest BCUT2D eigenvalue weighted by molar-refractivity contribution is 0.100. The Balaban J connectivity index is 0.000000637. The van der Waals surface area contributed by atoms with Gasteiger partial charge in [0.15, 0.2) is 5.65 Å². The Morgan fingerprint density at radius 2 is 2.11 bits per heavy atom. The Hall–Kier alpha value is -2.21. The Labute approximate surface area is 114 Å². The van der Waals surface area contributed by atoms with Crippen LogP contribution in [0.15, 0.2) is 24.3 Å². The summed E-state index contributed by atoms with van der Waals surface area (Å²) in [5.74, 6) is -0.577. The summed E-state index contributed by atoms with van der Waals surface area (Å²) in [5, 5.41) is 12.4. The highest BCUT2D eigenvalue weighted by Crippen LogP contribution is 2.25. The minimum atomic E-state index is -0.577. The van der Waals surface area contributed by atoms with Crippen LogP contribution >= 0.6 is 11.6 Å². The zero-order valence-corrected chi connectivity index (χ0v) is 11.2. The highest BCUT2D eigenvalue weighted by atomic mass is 35.5. The van der Waals surface area contributed by atoms with Crippen molar-refractivity contribution in [1.29, 1.82) is 0 Å². The van der Waals surface area contributed by atoms with Crippen molar-refractivity contribution in [2.45, 2.75) is 13.8 Å². The minimum absolute atomic E-state index is 0.268. The van der Waals surface area contributed by atoms with E-state index in [9.17, 15) is 4.79 Å². The number of nitrogens with two attached hydrogens (primary N) is 1. The van der Waals surface area contributed by atoms with Crippen LogP contribution in [0.1, 0.15) is 24.2 Å². The minimum Gasteiger partial charge on any atom is -0.365 e. The van der Waals surface area contributed by atoms with Gasteiger partial charge in [-0.05, 0) is 22.6 Å². The van der Waals surface area contributed by atoms with Gasteiger partial charge in [-0.1, -0.05) is 37.6 Å². The van der Waals surface area contributed by atoms with E-state index in [1.54, 1.807) is 18.2 Å². The van der Waals surface area contributed by atoms with Crippen molar-refractivity contribution in [3.63, 3.8) is 0 Å². The molecule has 0 saturated carbocycles. The molecule has 0 atom stereocenters. The Kier molecular flexibility index (Phi) is 3.62. The van der Waals surface area contributed by atoms with E-state index in [-0.39, 0.29) is 5.56 Å². The molecule has 1 amide bonds. The van der Waals surface area contributed by atoms with Gasteiger partial charge in [-0.15, -0.1) is 5.10 Å². The van der Waals surface area contributed by atoms with Crippen LogP contribution in [0.4, 0.5) is 0 Å². The van der Waals surface area contributed by atoms with Crippen molar-refractivity contribution < 1.29 is 4.79 Å². The van der Waals surface area contributed by atoms with Crippen LogP contribution in [0.5, 0.6) is 0 Å². The van der Waals surface area contributed by atoms with E-state index in [0.29, 0.717) is 16.2 Å². The molecule has 6 nitrogen and oxygen atoms in total. The first-order chi connectivity index (χ1) is 9.18. The number of nitrogens with zero attached hydrogens (tertiary/aromatic N) is 4. The van der Waals surface area contributed by atoms with Crippen molar-refractivity contribution in [3.8, 4) is 0 Å². The fourth-order valence-electron chi connectivity index (χ4n) is 1.78. The molecule has 1 aromatic carbocycles. The molecular formula is C12H12ClN5O. The Bertz CT molecular complexity index is 752. The maximum atomic E-state index is 11.3. The number of aromatic nitrogens is 4. The fourth-order valence-corrected chi connectivity index (χ4v) is 2.04. The number of hydrogen-bond acceptors (Lipinski definition) is 4. The number of halogens is 1. The molecule has 19 heavy (non-hydrogen) atoms. The molecule has 7 heteroatoms. The Morgan fingerprint density at radius 1 is 1.37 bits per heavy atom. The SMILES string of the molecule is CC.NC(=O)c1cc2cccc(Cl)c2n2nnnc12. The molecule has 3 rings (SSSR count). The predicted octanol–water partition coefficient (Wildman–Crippen LogP) is 2.06. The molecule has 0 aliphatic heterocycles. The number of carbonyl (C=O) groups is 1. The van der Waals surface area contributed by atoms with Gasteiger partial charge in [0.25, 0.3) is 5.91 Å². The van der Waals surface area contributed by atoms with Gasteiger partial charge in [0.2, 0.25) is 0 Å². The summed E-state index contributed by atoms with van der Waals surface area (Å²) < 4.78 is 1.41. The summed E-state index contributed by atoms with van der Waals surface area (Å²) in [4.78, 5) is 11.3. The van der Waals surface area contributed by atoms with E-state index >= 15 is 0 Å². The first-order valence-electron chi connectivity index (χ1n) is 5.77.